The molecular weight excluding hydrogens is 294 g/mol. The largest absolute Gasteiger partial charge is 0.465 e. The smallest absolute Gasteiger partial charge is 0.326 e. The van der Waals surface area contributed by atoms with Crippen LogP contribution < -0.4 is 5.32 Å². The summed E-state index contributed by atoms with van der Waals surface area (Å²) in [6.07, 6.45) is 2.38. The van der Waals surface area contributed by atoms with E-state index in [2.05, 4.69) is 33.4 Å². The molecule has 0 saturated carbocycles. The Morgan fingerprint density at radius 2 is 2.28 bits per heavy atom. The highest BCUT2D eigenvalue weighted by Crippen LogP contribution is 2.31. The standard InChI is InChI=1S/C14H18BrNO2/c1-3-18-13(17)14(16-2)7-6-10-8-12(15)5-4-11(10)9-14/h4-5,8,16H,3,6-7,9H2,1-2H3. The maximum atomic E-state index is 12.1. The molecule has 3 nitrogen and oxygen atoms in total. The van der Waals surface area contributed by atoms with Crippen LogP contribution >= 0.6 is 15.9 Å². The SMILES string of the molecule is CCOC(=O)C1(NC)CCc2cc(Br)ccc2C1. The third-order valence-corrected chi connectivity index (χ3v) is 4.12. The van der Waals surface area contributed by atoms with E-state index in [1.807, 2.05) is 20.0 Å². The Morgan fingerprint density at radius 1 is 1.50 bits per heavy atom. The number of nitrogens with one attached hydrogen (secondary N) is 1. The van der Waals surface area contributed by atoms with E-state index in [1.165, 1.54) is 11.1 Å². The van der Waals surface area contributed by atoms with Gasteiger partial charge in [0, 0.05) is 10.9 Å². The fourth-order valence-electron chi connectivity index (χ4n) is 2.52. The molecule has 1 aliphatic rings. The van der Waals surface area contributed by atoms with Gasteiger partial charge >= 0.3 is 5.97 Å². The van der Waals surface area contributed by atoms with Gasteiger partial charge in [-0.15, -0.1) is 0 Å². The molecule has 0 heterocycles. The highest BCUT2D eigenvalue weighted by atomic mass is 79.9. The van der Waals surface area contributed by atoms with Crippen LogP contribution in [0.25, 0.3) is 0 Å². The molecular formula is C14H18BrNO2. The first-order valence-electron chi connectivity index (χ1n) is 6.25. The van der Waals surface area contributed by atoms with Crippen molar-refractivity contribution >= 4 is 21.9 Å². The van der Waals surface area contributed by atoms with Crippen molar-refractivity contribution in [1.29, 1.82) is 0 Å². The number of ether oxygens (including phenoxy) is 1. The highest BCUT2D eigenvalue weighted by Gasteiger charge is 2.41. The van der Waals surface area contributed by atoms with E-state index >= 15 is 0 Å². The van der Waals surface area contributed by atoms with Crippen LogP contribution in [0.3, 0.4) is 0 Å². The van der Waals surface area contributed by atoms with Gasteiger partial charge in [-0.2, -0.15) is 0 Å². The van der Waals surface area contributed by atoms with Crippen LogP contribution in [-0.4, -0.2) is 25.2 Å². The Balaban J connectivity index is 2.28. The molecule has 1 aliphatic carbocycles. The molecule has 1 aromatic carbocycles. The number of esters is 1. The van der Waals surface area contributed by atoms with Gasteiger partial charge in [-0.25, -0.2) is 0 Å². The van der Waals surface area contributed by atoms with Gasteiger partial charge in [0.25, 0.3) is 0 Å². The van der Waals surface area contributed by atoms with Gasteiger partial charge in [0.05, 0.1) is 6.61 Å². The van der Waals surface area contributed by atoms with Crippen LogP contribution in [0.5, 0.6) is 0 Å². The van der Waals surface area contributed by atoms with Gasteiger partial charge in [-0.05, 0) is 50.1 Å². The van der Waals surface area contributed by atoms with Crippen molar-refractivity contribution in [3.8, 4) is 0 Å². The molecule has 2 rings (SSSR count). The minimum atomic E-state index is -0.559. The second-order valence-electron chi connectivity index (χ2n) is 4.64. The quantitative estimate of drug-likeness (QED) is 0.872. The number of rotatable bonds is 3. The van der Waals surface area contributed by atoms with E-state index in [1.54, 1.807) is 0 Å². The van der Waals surface area contributed by atoms with Crippen molar-refractivity contribution in [1.82, 2.24) is 5.32 Å². The fourth-order valence-corrected chi connectivity index (χ4v) is 2.93. The zero-order valence-corrected chi connectivity index (χ0v) is 12.3. The predicted octanol–water partition coefficient (Wildman–Crippen LogP) is 2.46. The van der Waals surface area contributed by atoms with E-state index in [4.69, 9.17) is 4.74 Å². The number of hydrogen-bond donors (Lipinski definition) is 1. The molecule has 18 heavy (non-hydrogen) atoms. The molecule has 98 valence electrons. The van der Waals surface area contributed by atoms with Crippen LogP contribution in [0.4, 0.5) is 0 Å². The minimum absolute atomic E-state index is 0.138. The van der Waals surface area contributed by atoms with E-state index < -0.39 is 5.54 Å². The number of likely N-dealkylation sites (N-methyl/N-ethyl adjacent to an activating group) is 1. The molecule has 1 atom stereocenters. The van der Waals surface area contributed by atoms with Crippen LogP contribution in [-0.2, 0) is 22.4 Å². The lowest BCUT2D eigenvalue weighted by Gasteiger charge is -2.35. The normalized spacial score (nSPS) is 22.4. The number of carbonyl (C=O) groups is 1. The second kappa shape index (κ2) is 5.41. The van der Waals surface area contributed by atoms with Crippen molar-refractivity contribution in [2.24, 2.45) is 0 Å². The summed E-state index contributed by atoms with van der Waals surface area (Å²) < 4.78 is 6.30. The Labute approximate surface area is 116 Å². The van der Waals surface area contributed by atoms with Gasteiger partial charge in [0.15, 0.2) is 0 Å². The minimum Gasteiger partial charge on any atom is -0.465 e. The van der Waals surface area contributed by atoms with Crippen LogP contribution in [0.2, 0.25) is 0 Å². The fraction of sp³-hybridized carbons (Fsp3) is 0.500. The van der Waals surface area contributed by atoms with Gasteiger partial charge in [0.2, 0.25) is 0 Å². The van der Waals surface area contributed by atoms with Crippen molar-refractivity contribution in [3.05, 3.63) is 33.8 Å². The molecule has 0 saturated heterocycles. The number of hydrogen-bond acceptors (Lipinski definition) is 3. The van der Waals surface area contributed by atoms with Gasteiger partial charge in [-0.3, -0.25) is 4.79 Å². The lowest BCUT2D eigenvalue weighted by atomic mass is 9.78. The van der Waals surface area contributed by atoms with Crippen LogP contribution in [0, 0.1) is 0 Å². The zero-order valence-electron chi connectivity index (χ0n) is 10.8. The maximum Gasteiger partial charge on any atom is 0.326 e. The van der Waals surface area contributed by atoms with E-state index in [-0.39, 0.29) is 5.97 Å². The van der Waals surface area contributed by atoms with E-state index in [0.717, 1.165) is 17.3 Å². The molecule has 0 spiro atoms. The Bertz CT molecular complexity index is 461. The molecule has 1 N–H and O–H groups in total. The Kier molecular flexibility index (Phi) is 4.07. The molecule has 4 heteroatoms. The van der Waals surface area contributed by atoms with Gasteiger partial charge < -0.3 is 10.1 Å². The lowest BCUT2D eigenvalue weighted by molar-refractivity contribution is -0.151. The second-order valence-corrected chi connectivity index (χ2v) is 5.56. The van der Waals surface area contributed by atoms with Gasteiger partial charge in [0.1, 0.15) is 5.54 Å². The summed E-state index contributed by atoms with van der Waals surface area (Å²) in [6.45, 7) is 2.27. The summed E-state index contributed by atoms with van der Waals surface area (Å²) in [5.41, 5.74) is 1.99. The summed E-state index contributed by atoms with van der Waals surface area (Å²) in [5, 5.41) is 3.17. The Hall–Kier alpha value is -0.870. The maximum absolute atomic E-state index is 12.1. The summed E-state index contributed by atoms with van der Waals surface area (Å²) in [6, 6.07) is 6.25. The van der Waals surface area contributed by atoms with Crippen molar-refractivity contribution in [2.75, 3.05) is 13.7 Å². The van der Waals surface area contributed by atoms with Gasteiger partial charge in [-0.1, -0.05) is 22.0 Å². The summed E-state index contributed by atoms with van der Waals surface area (Å²) >= 11 is 3.48. The number of benzene rings is 1. The van der Waals surface area contributed by atoms with Crippen molar-refractivity contribution in [2.45, 2.75) is 31.7 Å². The van der Waals surface area contributed by atoms with Crippen LogP contribution in [0.1, 0.15) is 24.5 Å². The predicted molar refractivity (Wildman–Crippen MR) is 74.6 cm³/mol. The van der Waals surface area contributed by atoms with E-state index in [9.17, 15) is 4.79 Å². The first kappa shape index (κ1) is 13.6. The molecule has 0 aliphatic heterocycles. The number of carbonyl (C=O) groups excluding carboxylic acids is 1. The average Bonchev–Trinajstić information content (AvgIpc) is 2.38. The zero-order chi connectivity index (χ0) is 13.2. The Morgan fingerprint density at radius 3 is 2.94 bits per heavy atom. The first-order valence-corrected chi connectivity index (χ1v) is 7.04. The molecule has 0 amide bonds. The third kappa shape index (κ3) is 2.45. The third-order valence-electron chi connectivity index (χ3n) is 3.63. The van der Waals surface area contributed by atoms with Crippen molar-refractivity contribution < 1.29 is 9.53 Å². The molecule has 0 fully saturated rings. The number of aryl methyl sites for hydroxylation is 1. The number of halogens is 1. The molecule has 0 radical (unpaired) electrons. The monoisotopic (exact) mass is 311 g/mol. The molecule has 1 unspecified atom stereocenters. The molecule has 0 bridgehead atoms. The van der Waals surface area contributed by atoms with Crippen LogP contribution in [0.15, 0.2) is 22.7 Å². The first-order chi connectivity index (χ1) is 8.61. The summed E-state index contributed by atoms with van der Waals surface area (Å²) in [4.78, 5) is 12.1. The summed E-state index contributed by atoms with van der Waals surface area (Å²) in [5.74, 6) is -0.138. The average molecular weight is 312 g/mol. The van der Waals surface area contributed by atoms with Crippen molar-refractivity contribution in [3.63, 3.8) is 0 Å². The number of fused-ring (bicyclic) bond motifs is 1. The van der Waals surface area contributed by atoms with E-state index in [0.29, 0.717) is 13.0 Å². The topological polar surface area (TPSA) is 38.3 Å². The molecule has 0 aromatic heterocycles. The molecule has 1 aromatic rings. The lowest BCUT2D eigenvalue weighted by Crippen LogP contribution is -2.55. The summed E-state index contributed by atoms with van der Waals surface area (Å²) in [7, 11) is 1.83. The highest BCUT2D eigenvalue weighted by molar-refractivity contribution is 9.10.